The molecule has 1 amide bonds. The van der Waals surface area contributed by atoms with Gasteiger partial charge >= 0.3 is 5.97 Å². The molecule has 2 rings (SSSR count). The summed E-state index contributed by atoms with van der Waals surface area (Å²) in [5.74, 6) is -1.11. The van der Waals surface area contributed by atoms with E-state index in [2.05, 4.69) is 10.3 Å². The molecule has 1 atom stereocenters. The largest absolute Gasteiger partial charge is 0.481 e. The lowest BCUT2D eigenvalue weighted by Crippen LogP contribution is -2.26. The number of carbonyl (C=O) groups excluding carboxylic acids is 1. The Kier molecular flexibility index (Phi) is 3.88. The number of nitrogens with zero attached hydrogens (tertiary/aromatic N) is 1. The van der Waals surface area contributed by atoms with Crippen molar-refractivity contribution in [3.05, 3.63) is 24.0 Å². The summed E-state index contributed by atoms with van der Waals surface area (Å²) in [7, 11) is 0. The highest BCUT2D eigenvalue weighted by molar-refractivity contribution is 5.94. The molecule has 0 aromatic carbocycles. The molecule has 1 aromatic rings. The summed E-state index contributed by atoms with van der Waals surface area (Å²) in [6.07, 6.45) is 2.57. The highest BCUT2D eigenvalue weighted by Crippen LogP contribution is 2.15. The molecule has 2 N–H and O–H groups in total. The van der Waals surface area contributed by atoms with Gasteiger partial charge in [0.25, 0.3) is 5.91 Å². The molecule has 0 aliphatic carbocycles. The van der Waals surface area contributed by atoms with Gasteiger partial charge in [-0.25, -0.2) is 0 Å². The molecule has 1 aliphatic heterocycles. The number of aliphatic carboxylic acids is 1. The lowest BCUT2D eigenvalue weighted by atomic mass is 10.2. The third kappa shape index (κ3) is 3.27. The maximum atomic E-state index is 11.7. The minimum atomic E-state index is -0.932. The number of rotatable bonds is 4. The van der Waals surface area contributed by atoms with E-state index in [-0.39, 0.29) is 18.4 Å². The lowest BCUT2D eigenvalue weighted by molar-refractivity contribution is -0.136. The van der Waals surface area contributed by atoms with Crippen LogP contribution in [-0.2, 0) is 20.7 Å². The lowest BCUT2D eigenvalue weighted by Gasteiger charge is -2.10. The molecule has 2 heterocycles. The Labute approximate surface area is 104 Å². The first-order valence-electron chi connectivity index (χ1n) is 5.74. The molecule has 0 radical (unpaired) electrons. The van der Waals surface area contributed by atoms with Gasteiger partial charge in [0.05, 0.1) is 24.0 Å². The van der Waals surface area contributed by atoms with E-state index in [0.717, 1.165) is 12.8 Å². The number of anilines is 1. The van der Waals surface area contributed by atoms with Gasteiger partial charge in [-0.2, -0.15) is 0 Å². The van der Waals surface area contributed by atoms with Crippen LogP contribution in [0.15, 0.2) is 18.3 Å². The molecule has 1 saturated heterocycles. The summed E-state index contributed by atoms with van der Waals surface area (Å²) < 4.78 is 5.25. The van der Waals surface area contributed by atoms with Crippen LogP contribution in [0.2, 0.25) is 0 Å². The van der Waals surface area contributed by atoms with Crippen molar-refractivity contribution < 1.29 is 19.4 Å². The molecule has 6 heteroatoms. The molecular weight excluding hydrogens is 236 g/mol. The van der Waals surface area contributed by atoms with E-state index in [4.69, 9.17) is 9.84 Å². The van der Waals surface area contributed by atoms with Crippen molar-refractivity contribution in [2.75, 3.05) is 11.9 Å². The third-order valence-corrected chi connectivity index (χ3v) is 2.65. The Bertz CT molecular complexity index is 438. The Morgan fingerprint density at radius 1 is 1.50 bits per heavy atom. The van der Waals surface area contributed by atoms with Crippen molar-refractivity contribution in [2.45, 2.75) is 25.4 Å². The molecule has 1 fully saturated rings. The van der Waals surface area contributed by atoms with E-state index >= 15 is 0 Å². The van der Waals surface area contributed by atoms with Crippen LogP contribution in [0.5, 0.6) is 0 Å². The van der Waals surface area contributed by atoms with Crippen molar-refractivity contribution in [3.63, 3.8) is 0 Å². The zero-order chi connectivity index (χ0) is 13.0. The molecule has 0 spiro atoms. The van der Waals surface area contributed by atoms with Crippen LogP contribution in [0, 0.1) is 0 Å². The van der Waals surface area contributed by atoms with E-state index in [1.165, 1.54) is 6.20 Å². The second-order valence-electron chi connectivity index (χ2n) is 4.10. The van der Waals surface area contributed by atoms with Gasteiger partial charge in [-0.3, -0.25) is 14.6 Å². The number of ether oxygens (including phenoxy) is 1. The predicted octanol–water partition coefficient (Wildman–Crippen LogP) is 0.826. The number of hydrogen-bond acceptors (Lipinski definition) is 4. The van der Waals surface area contributed by atoms with Crippen LogP contribution in [0.4, 0.5) is 5.69 Å². The van der Waals surface area contributed by atoms with Gasteiger partial charge in [0.15, 0.2) is 0 Å². The molecule has 96 valence electrons. The molecule has 6 nitrogen and oxygen atoms in total. The van der Waals surface area contributed by atoms with Gasteiger partial charge in [-0.05, 0) is 25.0 Å². The maximum Gasteiger partial charge on any atom is 0.309 e. The van der Waals surface area contributed by atoms with Crippen LogP contribution in [0.1, 0.15) is 18.5 Å². The Balaban J connectivity index is 1.93. The number of aromatic nitrogens is 1. The summed E-state index contributed by atoms with van der Waals surface area (Å²) >= 11 is 0. The fraction of sp³-hybridized carbons (Fsp3) is 0.417. The van der Waals surface area contributed by atoms with Gasteiger partial charge in [0.2, 0.25) is 0 Å². The predicted molar refractivity (Wildman–Crippen MR) is 63.2 cm³/mol. The number of pyridine rings is 1. The monoisotopic (exact) mass is 250 g/mol. The van der Waals surface area contributed by atoms with Gasteiger partial charge in [-0.15, -0.1) is 0 Å². The normalized spacial score (nSPS) is 18.6. The van der Waals surface area contributed by atoms with Gasteiger partial charge in [-0.1, -0.05) is 0 Å². The summed E-state index contributed by atoms with van der Waals surface area (Å²) in [5.41, 5.74) is 1.00. The van der Waals surface area contributed by atoms with Crippen LogP contribution >= 0.6 is 0 Å². The Morgan fingerprint density at radius 2 is 2.33 bits per heavy atom. The summed E-state index contributed by atoms with van der Waals surface area (Å²) in [6.45, 7) is 0.619. The van der Waals surface area contributed by atoms with Crippen molar-refractivity contribution in [1.82, 2.24) is 4.98 Å². The SMILES string of the molecule is O=C(O)Cc1ccc(NC(=O)[C@H]2CCCO2)cn1. The summed E-state index contributed by atoms with van der Waals surface area (Å²) in [6, 6.07) is 3.22. The van der Waals surface area contributed by atoms with E-state index in [1.807, 2.05) is 0 Å². The third-order valence-electron chi connectivity index (χ3n) is 2.65. The zero-order valence-corrected chi connectivity index (χ0v) is 9.76. The summed E-state index contributed by atoms with van der Waals surface area (Å²) in [4.78, 5) is 26.2. The average molecular weight is 250 g/mol. The van der Waals surface area contributed by atoms with E-state index in [1.54, 1.807) is 12.1 Å². The number of amides is 1. The first-order valence-corrected chi connectivity index (χ1v) is 5.74. The van der Waals surface area contributed by atoms with Crippen LogP contribution < -0.4 is 5.32 Å². The second kappa shape index (κ2) is 5.59. The van der Waals surface area contributed by atoms with E-state index in [0.29, 0.717) is 18.0 Å². The van der Waals surface area contributed by atoms with Crippen LogP contribution in [-0.4, -0.2) is 34.7 Å². The molecule has 0 unspecified atom stereocenters. The smallest absolute Gasteiger partial charge is 0.309 e. The van der Waals surface area contributed by atoms with E-state index in [9.17, 15) is 9.59 Å². The van der Waals surface area contributed by atoms with Crippen molar-refractivity contribution in [1.29, 1.82) is 0 Å². The number of carboxylic acid groups (broad SMARTS) is 1. The minimum Gasteiger partial charge on any atom is -0.481 e. The molecular formula is C12H14N2O4. The highest BCUT2D eigenvalue weighted by Gasteiger charge is 2.23. The number of nitrogens with one attached hydrogen (secondary N) is 1. The standard InChI is InChI=1S/C12H14N2O4/c15-11(16)6-8-3-4-9(7-13-8)14-12(17)10-2-1-5-18-10/h3-4,7,10H,1-2,5-6H2,(H,14,17)(H,15,16)/t10-/m1/s1. The molecule has 18 heavy (non-hydrogen) atoms. The topological polar surface area (TPSA) is 88.5 Å². The average Bonchev–Trinajstić information content (AvgIpc) is 2.84. The number of hydrogen-bond donors (Lipinski definition) is 2. The Hall–Kier alpha value is -1.95. The Morgan fingerprint density at radius 3 is 2.89 bits per heavy atom. The first kappa shape index (κ1) is 12.5. The highest BCUT2D eigenvalue weighted by atomic mass is 16.5. The maximum absolute atomic E-state index is 11.7. The fourth-order valence-corrected chi connectivity index (χ4v) is 1.77. The molecule has 1 aromatic heterocycles. The van der Waals surface area contributed by atoms with Gasteiger partial charge < -0.3 is 15.2 Å². The van der Waals surface area contributed by atoms with Crippen molar-refractivity contribution >= 4 is 17.6 Å². The molecule has 1 aliphatic rings. The summed E-state index contributed by atoms with van der Waals surface area (Å²) in [5, 5.41) is 11.3. The first-order chi connectivity index (χ1) is 8.65. The minimum absolute atomic E-state index is 0.125. The quantitative estimate of drug-likeness (QED) is 0.826. The fourth-order valence-electron chi connectivity index (χ4n) is 1.77. The van der Waals surface area contributed by atoms with Crippen molar-refractivity contribution in [2.24, 2.45) is 0 Å². The van der Waals surface area contributed by atoms with Crippen molar-refractivity contribution in [3.8, 4) is 0 Å². The van der Waals surface area contributed by atoms with Gasteiger partial charge in [0, 0.05) is 6.61 Å². The van der Waals surface area contributed by atoms with E-state index < -0.39 is 5.97 Å². The molecule has 0 saturated carbocycles. The van der Waals surface area contributed by atoms with Gasteiger partial charge in [0.1, 0.15) is 6.10 Å². The van der Waals surface area contributed by atoms with Crippen LogP contribution in [0.3, 0.4) is 0 Å². The second-order valence-corrected chi connectivity index (χ2v) is 4.10. The number of carboxylic acids is 1. The molecule has 0 bridgehead atoms. The zero-order valence-electron chi connectivity index (χ0n) is 9.76. The van der Waals surface area contributed by atoms with Crippen LogP contribution in [0.25, 0.3) is 0 Å². The number of carbonyl (C=O) groups is 2.